The largest absolute Gasteiger partial charge is 0.393 e. The maximum Gasteiger partial charge on any atom is 0.178 e. The summed E-state index contributed by atoms with van der Waals surface area (Å²) in [7, 11) is -3.29. The van der Waals surface area contributed by atoms with Gasteiger partial charge >= 0.3 is 0 Å². The van der Waals surface area contributed by atoms with Gasteiger partial charge in [-0.25, -0.2) is 8.42 Å². The predicted molar refractivity (Wildman–Crippen MR) is 104 cm³/mol. The van der Waals surface area contributed by atoms with Gasteiger partial charge in [0.25, 0.3) is 0 Å². The Kier molecular flexibility index (Phi) is 7.42. The fraction of sp³-hybridized carbons (Fsp3) is 0.476. The summed E-state index contributed by atoms with van der Waals surface area (Å²) >= 11 is 0. The molecule has 1 N–H and O–H groups in total. The molecule has 2 rings (SSSR count). The molecule has 3 atom stereocenters. The maximum atomic E-state index is 12.4. The minimum atomic E-state index is -3.29. The third kappa shape index (κ3) is 5.96. The first-order valence-electron chi connectivity index (χ1n) is 8.96. The minimum Gasteiger partial charge on any atom is -0.393 e. The molecule has 1 saturated heterocycles. The van der Waals surface area contributed by atoms with Crippen LogP contribution in [0.25, 0.3) is 0 Å². The Morgan fingerprint density at radius 1 is 1.35 bits per heavy atom. The van der Waals surface area contributed by atoms with E-state index in [-0.39, 0.29) is 18.0 Å². The molecule has 1 fully saturated rings. The number of benzene rings is 1. The minimum absolute atomic E-state index is 0.0631. The first-order chi connectivity index (χ1) is 12.3. The van der Waals surface area contributed by atoms with Crippen molar-refractivity contribution in [2.45, 2.75) is 62.2 Å². The van der Waals surface area contributed by atoms with Crippen molar-refractivity contribution in [3.05, 3.63) is 60.4 Å². The molecule has 0 aliphatic carbocycles. The van der Waals surface area contributed by atoms with Crippen molar-refractivity contribution >= 4 is 9.84 Å². The molecule has 5 heteroatoms. The van der Waals surface area contributed by atoms with Crippen LogP contribution in [0.4, 0.5) is 0 Å². The van der Waals surface area contributed by atoms with E-state index in [1.165, 1.54) is 0 Å². The monoisotopic (exact) mass is 376 g/mol. The summed E-state index contributed by atoms with van der Waals surface area (Å²) < 4.78 is 30.7. The van der Waals surface area contributed by atoms with Crippen LogP contribution in [-0.2, 0) is 14.6 Å². The SMILES string of the molecule is C=C=C(C)CC(O)CC[C@@H]1O[C@@H](CCS(=O)(=O)c2ccccc2)CC1=C. The van der Waals surface area contributed by atoms with E-state index in [0.717, 1.165) is 11.1 Å². The standard InChI is InChI=1S/C21H28O4S/c1-4-16(2)14-18(22)10-11-21-17(3)15-19(25-21)12-13-26(23,24)20-8-6-5-7-9-20/h5-9,18-19,21-22H,1,3,10-15H2,2H3/t18?,19-,21-/m0/s1. The van der Waals surface area contributed by atoms with E-state index in [0.29, 0.717) is 37.0 Å². The lowest BCUT2D eigenvalue weighted by atomic mass is 10.00. The van der Waals surface area contributed by atoms with Crippen molar-refractivity contribution in [3.63, 3.8) is 0 Å². The number of aliphatic hydroxyl groups is 1. The van der Waals surface area contributed by atoms with E-state index < -0.39 is 15.9 Å². The van der Waals surface area contributed by atoms with Crippen molar-refractivity contribution in [2.75, 3.05) is 5.75 Å². The third-order valence-corrected chi connectivity index (χ3v) is 6.48. The summed E-state index contributed by atoms with van der Waals surface area (Å²) in [4.78, 5) is 0.349. The van der Waals surface area contributed by atoms with Crippen LogP contribution in [0.2, 0.25) is 0 Å². The lowest BCUT2D eigenvalue weighted by Gasteiger charge is -2.16. The third-order valence-electron chi connectivity index (χ3n) is 4.72. The molecule has 1 aromatic rings. The van der Waals surface area contributed by atoms with E-state index in [2.05, 4.69) is 18.9 Å². The molecule has 0 aromatic heterocycles. The van der Waals surface area contributed by atoms with Gasteiger partial charge in [-0.2, -0.15) is 0 Å². The van der Waals surface area contributed by atoms with Gasteiger partial charge in [0.2, 0.25) is 0 Å². The highest BCUT2D eigenvalue weighted by molar-refractivity contribution is 7.91. The smallest absolute Gasteiger partial charge is 0.178 e. The number of rotatable bonds is 9. The highest BCUT2D eigenvalue weighted by Gasteiger charge is 2.30. The zero-order valence-electron chi connectivity index (χ0n) is 15.4. The van der Waals surface area contributed by atoms with E-state index in [1.54, 1.807) is 30.3 Å². The van der Waals surface area contributed by atoms with Gasteiger partial charge in [0.1, 0.15) is 0 Å². The zero-order chi connectivity index (χ0) is 19.2. The number of hydrogen-bond donors (Lipinski definition) is 1. The zero-order valence-corrected chi connectivity index (χ0v) is 16.2. The molecule has 1 aliphatic rings. The molecular weight excluding hydrogens is 348 g/mol. The van der Waals surface area contributed by atoms with E-state index in [1.807, 2.05) is 6.92 Å². The second-order valence-corrected chi connectivity index (χ2v) is 9.03. The van der Waals surface area contributed by atoms with Gasteiger partial charge in [-0.15, -0.1) is 5.73 Å². The van der Waals surface area contributed by atoms with Crippen LogP contribution in [0.3, 0.4) is 0 Å². The average molecular weight is 377 g/mol. The highest BCUT2D eigenvalue weighted by Crippen LogP contribution is 2.30. The average Bonchev–Trinajstić information content (AvgIpc) is 2.99. The Hall–Kier alpha value is -1.65. The Morgan fingerprint density at radius 3 is 2.69 bits per heavy atom. The highest BCUT2D eigenvalue weighted by atomic mass is 32.2. The van der Waals surface area contributed by atoms with Crippen LogP contribution in [0, 0.1) is 0 Å². The molecule has 1 unspecified atom stereocenters. The molecule has 1 aliphatic heterocycles. The van der Waals surface area contributed by atoms with Crippen LogP contribution in [-0.4, -0.2) is 37.6 Å². The Balaban J connectivity index is 1.81. The predicted octanol–water partition coefficient (Wildman–Crippen LogP) is 3.83. The van der Waals surface area contributed by atoms with Crippen molar-refractivity contribution in [1.82, 2.24) is 0 Å². The van der Waals surface area contributed by atoms with Crippen molar-refractivity contribution in [1.29, 1.82) is 0 Å². The van der Waals surface area contributed by atoms with Gasteiger partial charge in [0.05, 0.1) is 29.0 Å². The molecule has 0 amide bonds. The first kappa shape index (κ1) is 20.7. The van der Waals surface area contributed by atoms with Crippen LogP contribution in [0.15, 0.2) is 65.3 Å². The van der Waals surface area contributed by atoms with Crippen LogP contribution >= 0.6 is 0 Å². The lowest BCUT2D eigenvalue weighted by molar-refractivity contribution is 0.0369. The number of ether oxygens (including phenoxy) is 1. The quantitative estimate of drug-likeness (QED) is 0.526. The normalized spacial score (nSPS) is 21.4. The van der Waals surface area contributed by atoms with Gasteiger partial charge in [-0.05, 0) is 55.9 Å². The second kappa shape index (κ2) is 9.33. The first-order valence-corrected chi connectivity index (χ1v) is 10.6. The Labute approximate surface area is 156 Å². The van der Waals surface area contributed by atoms with Crippen molar-refractivity contribution in [2.24, 2.45) is 0 Å². The van der Waals surface area contributed by atoms with Gasteiger partial charge in [0, 0.05) is 6.42 Å². The Morgan fingerprint density at radius 2 is 2.04 bits per heavy atom. The lowest BCUT2D eigenvalue weighted by Crippen LogP contribution is -2.18. The van der Waals surface area contributed by atoms with Crippen molar-refractivity contribution < 1.29 is 18.3 Å². The summed E-state index contributed by atoms with van der Waals surface area (Å²) in [6.45, 7) is 9.53. The van der Waals surface area contributed by atoms with Crippen molar-refractivity contribution in [3.8, 4) is 0 Å². The van der Waals surface area contributed by atoms with E-state index in [4.69, 9.17) is 4.74 Å². The van der Waals surface area contributed by atoms with Gasteiger partial charge < -0.3 is 9.84 Å². The van der Waals surface area contributed by atoms with Gasteiger partial charge in [-0.1, -0.05) is 31.4 Å². The van der Waals surface area contributed by atoms with Crippen LogP contribution < -0.4 is 0 Å². The molecule has 0 bridgehead atoms. The molecule has 0 saturated carbocycles. The molecule has 26 heavy (non-hydrogen) atoms. The topological polar surface area (TPSA) is 63.6 Å². The molecule has 0 radical (unpaired) electrons. The number of hydrogen-bond acceptors (Lipinski definition) is 4. The summed E-state index contributed by atoms with van der Waals surface area (Å²) in [5.41, 5.74) is 4.70. The summed E-state index contributed by atoms with van der Waals surface area (Å²) in [6, 6.07) is 8.49. The summed E-state index contributed by atoms with van der Waals surface area (Å²) in [6.07, 6.45) is 2.30. The molecule has 1 aromatic carbocycles. The van der Waals surface area contributed by atoms with Gasteiger partial charge in [-0.3, -0.25) is 0 Å². The number of aliphatic hydroxyl groups excluding tert-OH is 1. The fourth-order valence-corrected chi connectivity index (χ4v) is 4.53. The van der Waals surface area contributed by atoms with Crippen LogP contribution in [0.1, 0.15) is 39.0 Å². The second-order valence-electron chi connectivity index (χ2n) is 6.92. The molecule has 4 nitrogen and oxygen atoms in total. The molecule has 142 valence electrons. The fourth-order valence-electron chi connectivity index (χ4n) is 3.15. The van der Waals surface area contributed by atoms with Gasteiger partial charge in [0.15, 0.2) is 9.84 Å². The maximum absolute atomic E-state index is 12.4. The van der Waals surface area contributed by atoms with E-state index >= 15 is 0 Å². The van der Waals surface area contributed by atoms with E-state index in [9.17, 15) is 13.5 Å². The summed E-state index contributed by atoms with van der Waals surface area (Å²) in [5.74, 6) is 0.0631. The summed E-state index contributed by atoms with van der Waals surface area (Å²) in [5, 5.41) is 10.0. The molecular formula is C21H28O4S. The molecule has 0 spiro atoms. The number of sulfone groups is 1. The van der Waals surface area contributed by atoms with Crippen LogP contribution in [0.5, 0.6) is 0 Å². The molecule has 1 heterocycles. The Bertz CT molecular complexity index is 760.